The van der Waals surface area contributed by atoms with Gasteiger partial charge >= 0.3 is 0 Å². The minimum atomic E-state index is -0.0218. The maximum atomic E-state index is 11.0. The van der Waals surface area contributed by atoms with E-state index in [9.17, 15) is 5.11 Å². The van der Waals surface area contributed by atoms with Crippen molar-refractivity contribution in [3.8, 4) is 11.1 Å². The van der Waals surface area contributed by atoms with E-state index in [-0.39, 0.29) is 6.61 Å². The molecule has 1 unspecified atom stereocenters. The van der Waals surface area contributed by atoms with Gasteiger partial charge in [-0.2, -0.15) is 0 Å². The molecule has 2 aromatic rings. The Kier molecular flexibility index (Phi) is 5.68. The van der Waals surface area contributed by atoms with Crippen LogP contribution in [0.15, 0.2) is 48.5 Å². The third-order valence-corrected chi connectivity index (χ3v) is 4.71. The average Bonchev–Trinajstić information content (AvgIpc) is 2.58. The molecule has 1 saturated heterocycles. The number of hydrogen-bond acceptors (Lipinski definition) is 2. The number of benzene rings is 2. The molecule has 23 heavy (non-hydrogen) atoms. The Morgan fingerprint density at radius 1 is 1.04 bits per heavy atom. The largest absolute Gasteiger partial charge is 0.314 e. The van der Waals surface area contributed by atoms with Crippen LogP contribution in [0.2, 0.25) is 5.02 Å². The van der Waals surface area contributed by atoms with E-state index < -0.39 is 0 Å². The molecule has 0 aromatic heterocycles. The summed E-state index contributed by atoms with van der Waals surface area (Å²) in [7, 11) is 0. The number of rotatable bonds is 5. The fourth-order valence-electron chi connectivity index (χ4n) is 3.16. The highest BCUT2D eigenvalue weighted by molar-refractivity contribution is 6.30. The molecule has 1 N–H and O–H groups in total. The van der Waals surface area contributed by atoms with Crippen molar-refractivity contribution < 1.29 is 5.11 Å². The normalized spacial score (nSPS) is 19.0. The van der Waals surface area contributed by atoms with Crippen molar-refractivity contribution in [1.82, 2.24) is 10.2 Å². The zero-order valence-corrected chi connectivity index (χ0v) is 13.9. The number of nitrogens with zero attached hydrogens (tertiary/aromatic N) is 1. The molecule has 1 heterocycles. The first-order chi connectivity index (χ1) is 11.3. The zero-order valence-electron chi connectivity index (χ0n) is 13.2. The lowest BCUT2D eigenvalue weighted by molar-refractivity contribution is 0.0974. The number of hydrogen-bond donors (Lipinski definition) is 1. The molecule has 0 spiro atoms. The van der Waals surface area contributed by atoms with E-state index in [2.05, 4.69) is 34.5 Å². The highest BCUT2D eigenvalue weighted by atomic mass is 35.5. The van der Waals surface area contributed by atoms with E-state index in [1.165, 1.54) is 16.7 Å². The van der Waals surface area contributed by atoms with Gasteiger partial charge in [-0.05, 0) is 35.2 Å². The van der Waals surface area contributed by atoms with Crippen molar-refractivity contribution in [2.24, 2.45) is 0 Å². The summed E-state index contributed by atoms with van der Waals surface area (Å²) in [6.07, 6.45) is 0.980. The van der Waals surface area contributed by atoms with Gasteiger partial charge in [0.1, 0.15) is 0 Å². The van der Waals surface area contributed by atoms with Gasteiger partial charge in [0, 0.05) is 37.2 Å². The number of piperazine rings is 1. The second-order valence-corrected chi connectivity index (χ2v) is 6.44. The molecule has 0 bridgehead atoms. The number of halogens is 1. The van der Waals surface area contributed by atoms with E-state index in [1.54, 1.807) is 0 Å². The predicted molar refractivity (Wildman–Crippen MR) is 94.4 cm³/mol. The van der Waals surface area contributed by atoms with Gasteiger partial charge in [-0.1, -0.05) is 48.0 Å². The minimum absolute atomic E-state index is 0.0218. The lowest BCUT2D eigenvalue weighted by Gasteiger charge is -2.35. The first-order valence-corrected chi connectivity index (χ1v) is 8.52. The molecule has 1 atom stereocenters. The molecule has 1 aliphatic rings. The summed E-state index contributed by atoms with van der Waals surface area (Å²) in [4.78, 5) is 2.32. The molecule has 4 heteroatoms. The molecule has 3 nitrogen and oxygen atoms in total. The Labute approximate surface area is 142 Å². The second kappa shape index (κ2) is 7.93. The summed E-state index contributed by atoms with van der Waals surface area (Å²) in [5, 5.41) is 15.1. The van der Waals surface area contributed by atoms with E-state index >= 15 is 0 Å². The standard InChI is InChI=1S/C19H22ClN2O/c20-18-7-5-17(6-8-18)16-3-1-15(2-4-16)13-19-14-21-9-10-22(19)11-12-23/h1-8,19,21H,9-14H2. The van der Waals surface area contributed by atoms with E-state index in [0.717, 1.165) is 31.1 Å². The van der Waals surface area contributed by atoms with Crippen LogP contribution in [0, 0.1) is 0 Å². The molecule has 121 valence electrons. The third-order valence-electron chi connectivity index (χ3n) is 4.45. The fraction of sp³-hybridized carbons (Fsp3) is 0.368. The highest BCUT2D eigenvalue weighted by Crippen LogP contribution is 2.22. The predicted octanol–water partition coefficient (Wildman–Crippen LogP) is 3.25. The maximum Gasteiger partial charge on any atom is 0.0949 e. The highest BCUT2D eigenvalue weighted by Gasteiger charge is 2.21. The van der Waals surface area contributed by atoms with E-state index in [4.69, 9.17) is 11.6 Å². The SMILES string of the molecule is [O]CCN1CCNCC1Cc1ccc(-c2ccc(Cl)cc2)cc1. The zero-order chi connectivity index (χ0) is 16.1. The summed E-state index contributed by atoms with van der Waals surface area (Å²) in [5.41, 5.74) is 3.68. The van der Waals surface area contributed by atoms with Crippen LogP contribution in [0.4, 0.5) is 0 Å². The summed E-state index contributed by atoms with van der Waals surface area (Å²) in [6.45, 7) is 3.53. The molecule has 1 fully saturated rings. The van der Waals surface area contributed by atoms with Crippen LogP contribution in [0.25, 0.3) is 11.1 Å². The van der Waals surface area contributed by atoms with Crippen LogP contribution in [-0.4, -0.2) is 43.7 Å². The molecular formula is C19H22ClN2O. The van der Waals surface area contributed by atoms with Gasteiger partial charge in [-0.15, -0.1) is 0 Å². The maximum absolute atomic E-state index is 11.0. The minimum Gasteiger partial charge on any atom is -0.314 e. The second-order valence-electron chi connectivity index (χ2n) is 6.01. The molecule has 0 saturated carbocycles. The molecule has 1 radical (unpaired) electrons. The Hall–Kier alpha value is -1.39. The summed E-state index contributed by atoms with van der Waals surface area (Å²) >= 11 is 5.94. The van der Waals surface area contributed by atoms with Crippen molar-refractivity contribution in [1.29, 1.82) is 0 Å². The van der Waals surface area contributed by atoms with Gasteiger partial charge in [-0.3, -0.25) is 4.90 Å². The summed E-state index contributed by atoms with van der Waals surface area (Å²) in [5.74, 6) is 0. The molecule has 2 aromatic carbocycles. The van der Waals surface area contributed by atoms with Crippen LogP contribution < -0.4 is 5.32 Å². The summed E-state index contributed by atoms with van der Waals surface area (Å²) < 4.78 is 0. The monoisotopic (exact) mass is 329 g/mol. The van der Waals surface area contributed by atoms with Crippen molar-refractivity contribution in [3.63, 3.8) is 0 Å². The lowest BCUT2D eigenvalue weighted by atomic mass is 9.99. The first-order valence-electron chi connectivity index (χ1n) is 8.14. The van der Waals surface area contributed by atoms with Crippen LogP contribution >= 0.6 is 11.6 Å². The van der Waals surface area contributed by atoms with Gasteiger partial charge in [0.2, 0.25) is 0 Å². The van der Waals surface area contributed by atoms with Crippen LogP contribution in [-0.2, 0) is 11.5 Å². The van der Waals surface area contributed by atoms with E-state index in [1.807, 2.05) is 24.3 Å². The Bertz CT molecular complexity index is 610. The Morgan fingerprint density at radius 2 is 1.70 bits per heavy atom. The van der Waals surface area contributed by atoms with Crippen LogP contribution in [0.5, 0.6) is 0 Å². The smallest absolute Gasteiger partial charge is 0.0949 e. The van der Waals surface area contributed by atoms with E-state index in [0.29, 0.717) is 12.6 Å². The molecular weight excluding hydrogens is 308 g/mol. The lowest BCUT2D eigenvalue weighted by Crippen LogP contribution is -2.52. The van der Waals surface area contributed by atoms with Crippen LogP contribution in [0.3, 0.4) is 0 Å². The molecule has 0 aliphatic carbocycles. The quantitative estimate of drug-likeness (QED) is 0.914. The first kappa shape index (κ1) is 16.5. The number of nitrogens with one attached hydrogen (secondary N) is 1. The van der Waals surface area contributed by atoms with Crippen molar-refractivity contribution in [2.75, 3.05) is 32.8 Å². The fourth-order valence-corrected chi connectivity index (χ4v) is 3.29. The van der Waals surface area contributed by atoms with Crippen molar-refractivity contribution in [2.45, 2.75) is 12.5 Å². The summed E-state index contributed by atoms with van der Waals surface area (Å²) in [6, 6.07) is 17.0. The molecule has 3 rings (SSSR count). The van der Waals surface area contributed by atoms with Gasteiger partial charge in [0.25, 0.3) is 0 Å². The van der Waals surface area contributed by atoms with Gasteiger partial charge in [0.05, 0.1) is 6.61 Å². The average molecular weight is 330 g/mol. The van der Waals surface area contributed by atoms with Gasteiger partial charge in [0.15, 0.2) is 0 Å². The topological polar surface area (TPSA) is 35.2 Å². The molecule has 1 aliphatic heterocycles. The Morgan fingerprint density at radius 3 is 2.35 bits per heavy atom. The van der Waals surface area contributed by atoms with Crippen molar-refractivity contribution >= 4 is 11.6 Å². The third kappa shape index (κ3) is 4.33. The van der Waals surface area contributed by atoms with Crippen molar-refractivity contribution in [3.05, 3.63) is 59.1 Å². The van der Waals surface area contributed by atoms with Gasteiger partial charge in [-0.25, -0.2) is 5.11 Å². The van der Waals surface area contributed by atoms with Crippen LogP contribution in [0.1, 0.15) is 5.56 Å². The Balaban J connectivity index is 1.68. The molecule has 0 amide bonds. The van der Waals surface area contributed by atoms with Gasteiger partial charge < -0.3 is 5.32 Å².